The molecule has 156 valence electrons. The minimum atomic E-state index is -0.576. The van der Waals surface area contributed by atoms with Crippen molar-refractivity contribution in [3.8, 4) is 5.75 Å². The second-order valence-electron chi connectivity index (χ2n) is 7.72. The molecule has 0 fully saturated rings. The summed E-state index contributed by atoms with van der Waals surface area (Å²) in [7, 11) is 1.62. The van der Waals surface area contributed by atoms with Gasteiger partial charge in [-0.05, 0) is 56.5 Å². The fourth-order valence-electron chi connectivity index (χ4n) is 2.87. The van der Waals surface area contributed by atoms with Gasteiger partial charge >= 0.3 is 6.09 Å². The van der Waals surface area contributed by atoms with Crippen LogP contribution >= 0.6 is 0 Å². The summed E-state index contributed by atoms with van der Waals surface area (Å²) >= 11 is 0. The van der Waals surface area contributed by atoms with Gasteiger partial charge in [0.15, 0.2) is 0 Å². The number of nitrogens with one attached hydrogen (secondary N) is 2. The van der Waals surface area contributed by atoms with Crippen LogP contribution in [-0.2, 0) is 11.3 Å². The quantitative estimate of drug-likeness (QED) is 0.715. The van der Waals surface area contributed by atoms with E-state index in [9.17, 15) is 9.59 Å². The monoisotopic (exact) mass is 398 g/mol. The van der Waals surface area contributed by atoms with Crippen LogP contribution in [-0.4, -0.2) is 24.7 Å². The molecule has 1 unspecified atom stereocenters. The maximum Gasteiger partial charge on any atom is 0.407 e. The number of hydrogen-bond acceptors (Lipinski definition) is 4. The zero-order valence-corrected chi connectivity index (χ0v) is 17.7. The molecule has 2 rings (SSSR count). The summed E-state index contributed by atoms with van der Waals surface area (Å²) in [6.07, 6.45) is 0.230. The van der Waals surface area contributed by atoms with Gasteiger partial charge in [-0.15, -0.1) is 0 Å². The molecule has 0 aliphatic heterocycles. The minimum absolute atomic E-state index is 0.125. The number of carbonyl (C=O) groups excluding carboxylic acids is 2. The number of alkyl carbamates (subject to hydrolysis) is 1. The highest BCUT2D eigenvalue weighted by Crippen LogP contribution is 2.21. The summed E-state index contributed by atoms with van der Waals surface area (Å²) in [5.74, 6) is 0.586. The number of ether oxygens (including phenoxy) is 2. The lowest BCUT2D eigenvalue weighted by Crippen LogP contribution is -2.33. The lowest BCUT2D eigenvalue weighted by Gasteiger charge is -2.21. The van der Waals surface area contributed by atoms with Crippen LogP contribution < -0.4 is 15.4 Å². The predicted octanol–water partition coefficient (Wildman–Crippen LogP) is 4.60. The third-order valence-corrected chi connectivity index (χ3v) is 4.32. The Bertz CT molecular complexity index is 826. The van der Waals surface area contributed by atoms with E-state index in [0.717, 1.165) is 23.3 Å². The highest BCUT2D eigenvalue weighted by Gasteiger charge is 2.19. The van der Waals surface area contributed by atoms with E-state index in [1.807, 2.05) is 43.3 Å². The number of carbonyl (C=O) groups is 2. The molecule has 2 aromatic carbocycles. The first-order valence-corrected chi connectivity index (χ1v) is 9.73. The van der Waals surface area contributed by atoms with E-state index in [1.54, 1.807) is 40.0 Å². The van der Waals surface area contributed by atoms with Gasteiger partial charge in [0, 0.05) is 12.1 Å². The molecule has 0 heterocycles. The van der Waals surface area contributed by atoms with E-state index in [0.29, 0.717) is 5.56 Å². The van der Waals surface area contributed by atoms with Crippen LogP contribution in [0.5, 0.6) is 5.75 Å². The van der Waals surface area contributed by atoms with Crippen molar-refractivity contribution >= 4 is 12.0 Å². The standard InChI is InChI=1S/C23H30N2O4/c1-6-20(16-11-13-18(28-5)14-12-16)25-21(26)19-10-8-7-9-17(19)15-24-22(27)29-23(2,3)4/h7-14,20H,6,15H2,1-5H3,(H,24,27)(H,25,26). The molecule has 0 aliphatic carbocycles. The molecule has 2 amide bonds. The van der Waals surface area contributed by atoms with Crippen molar-refractivity contribution in [2.75, 3.05) is 7.11 Å². The van der Waals surface area contributed by atoms with Crippen LogP contribution in [0.2, 0.25) is 0 Å². The average Bonchev–Trinajstić information content (AvgIpc) is 2.69. The zero-order chi connectivity index (χ0) is 21.4. The van der Waals surface area contributed by atoms with E-state index < -0.39 is 11.7 Å². The van der Waals surface area contributed by atoms with E-state index in [2.05, 4.69) is 10.6 Å². The molecule has 0 bridgehead atoms. The Morgan fingerprint density at radius 3 is 2.28 bits per heavy atom. The third kappa shape index (κ3) is 6.82. The van der Waals surface area contributed by atoms with Crippen molar-refractivity contribution in [3.05, 3.63) is 65.2 Å². The smallest absolute Gasteiger partial charge is 0.407 e. The van der Waals surface area contributed by atoms with E-state index >= 15 is 0 Å². The third-order valence-electron chi connectivity index (χ3n) is 4.32. The van der Waals surface area contributed by atoms with Crippen molar-refractivity contribution in [1.82, 2.24) is 10.6 Å². The average molecular weight is 399 g/mol. The van der Waals surface area contributed by atoms with Gasteiger partial charge in [0.25, 0.3) is 5.91 Å². The summed E-state index contributed by atoms with van der Waals surface area (Å²) < 4.78 is 10.5. The first-order chi connectivity index (χ1) is 13.7. The van der Waals surface area contributed by atoms with Gasteiger partial charge in [0.05, 0.1) is 13.2 Å². The number of benzene rings is 2. The van der Waals surface area contributed by atoms with Crippen LogP contribution in [0, 0.1) is 0 Å². The van der Waals surface area contributed by atoms with Crippen molar-refractivity contribution in [2.24, 2.45) is 0 Å². The highest BCUT2D eigenvalue weighted by atomic mass is 16.6. The molecule has 29 heavy (non-hydrogen) atoms. The number of methoxy groups -OCH3 is 1. The fraction of sp³-hybridized carbons (Fsp3) is 0.391. The maximum absolute atomic E-state index is 12.9. The lowest BCUT2D eigenvalue weighted by atomic mass is 10.0. The van der Waals surface area contributed by atoms with Gasteiger partial charge in [0.1, 0.15) is 11.4 Å². The fourth-order valence-corrected chi connectivity index (χ4v) is 2.87. The van der Waals surface area contributed by atoms with Crippen LogP contribution in [0.4, 0.5) is 4.79 Å². The largest absolute Gasteiger partial charge is 0.497 e. The summed E-state index contributed by atoms with van der Waals surface area (Å²) in [4.78, 5) is 24.9. The van der Waals surface area contributed by atoms with Crippen molar-refractivity contribution < 1.29 is 19.1 Å². The van der Waals surface area contributed by atoms with Gasteiger partial charge in [-0.1, -0.05) is 37.3 Å². The van der Waals surface area contributed by atoms with Gasteiger partial charge < -0.3 is 20.1 Å². The Hall–Kier alpha value is -3.02. The molecule has 1 atom stereocenters. The molecule has 6 nitrogen and oxygen atoms in total. The number of rotatable bonds is 7. The van der Waals surface area contributed by atoms with E-state index in [1.165, 1.54) is 0 Å². The summed E-state index contributed by atoms with van der Waals surface area (Å²) in [6, 6.07) is 14.7. The number of amides is 2. The molecule has 0 saturated heterocycles. The Morgan fingerprint density at radius 1 is 1.03 bits per heavy atom. The SMILES string of the molecule is CCC(NC(=O)c1ccccc1CNC(=O)OC(C)(C)C)c1ccc(OC)cc1. The molecule has 6 heteroatoms. The normalized spacial score (nSPS) is 12.0. The van der Waals surface area contributed by atoms with Gasteiger partial charge in [-0.25, -0.2) is 4.79 Å². The molecular formula is C23H30N2O4. The molecule has 0 aliphatic rings. The molecule has 0 aromatic heterocycles. The van der Waals surface area contributed by atoms with Gasteiger partial charge in [0.2, 0.25) is 0 Å². The molecule has 2 N–H and O–H groups in total. The van der Waals surface area contributed by atoms with Crippen molar-refractivity contribution in [2.45, 2.75) is 52.3 Å². The van der Waals surface area contributed by atoms with Crippen LogP contribution in [0.25, 0.3) is 0 Å². The van der Waals surface area contributed by atoms with Gasteiger partial charge in [-0.3, -0.25) is 4.79 Å². The summed E-state index contributed by atoms with van der Waals surface area (Å²) in [6.45, 7) is 7.64. The molecule has 0 spiro atoms. The highest BCUT2D eigenvalue weighted by molar-refractivity contribution is 5.96. The van der Waals surface area contributed by atoms with Crippen LogP contribution in [0.1, 0.15) is 61.6 Å². The Morgan fingerprint density at radius 2 is 1.69 bits per heavy atom. The van der Waals surface area contributed by atoms with E-state index in [-0.39, 0.29) is 18.5 Å². The van der Waals surface area contributed by atoms with Crippen LogP contribution in [0.15, 0.2) is 48.5 Å². The molecule has 2 aromatic rings. The lowest BCUT2D eigenvalue weighted by molar-refractivity contribution is 0.0522. The predicted molar refractivity (Wildman–Crippen MR) is 113 cm³/mol. The topological polar surface area (TPSA) is 76.7 Å². The molecule has 0 saturated carbocycles. The van der Waals surface area contributed by atoms with Crippen molar-refractivity contribution in [3.63, 3.8) is 0 Å². The summed E-state index contributed by atoms with van der Waals surface area (Å²) in [5.41, 5.74) is 1.68. The van der Waals surface area contributed by atoms with Gasteiger partial charge in [-0.2, -0.15) is 0 Å². The Balaban J connectivity index is 2.08. The zero-order valence-electron chi connectivity index (χ0n) is 17.7. The Labute approximate surface area is 172 Å². The first kappa shape index (κ1) is 22.3. The molecular weight excluding hydrogens is 368 g/mol. The second kappa shape index (κ2) is 9.96. The maximum atomic E-state index is 12.9. The molecule has 0 radical (unpaired) electrons. The minimum Gasteiger partial charge on any atom is -0.497 e. The summed E-state index contributed by atoms with van der Waals surface area (Å²) in [5, 5.41) is 5.79. The van der Waals surface area contributed by atoms with Crippen LogP contribution in [0.3, 0.4) is 0 Å². The van der Waals surface area contributed by atoms with E-state index in [4.69, 9.17) is 9.47 Å². The first-order valence-electron chi connectivity index (χ1n) is 9.73. The Kier molecular flexibility index (Phi) is 7.65. The number of hydrogen-bond donors (Lipinski definition) is 2. The second-order valence-corrected chi connectivity index (χ2v) is 7.72. The van der Waals surface area contributed by atoms with Crippen molar-refractivity contribution in [1.29, 1.82) is 0 Å².